The first kappa shape index (κ1) is 58.9. The SMILES string of the molecule is C=C1CCC(C(=O)O)C2C(O)CC34C5=C(CC(CCC36CCC3(CCC(Cc7ccccc7)C3)C6)C24C)C23CCC(O)C4(C)CC=C(CC(C)C)C(C=C6C(=c7ccccc7=CC62)Cc2cccc(c2)C2=CC=C(NCCCC1C1CCCCC1)NC2)(C5)C43. The third-order valence-electron chi connectivity index (χ3n) is 29.1. The van der Waals surface area contributed by atoms with Crippen LogP contribution in [-0.2, 0) is 17.6 Å². The molecular formula is C83H104N2O4. The lowest BCUT2D eigenvalue weighted by Crippen LogP contribution is -2.71. The molecule has 6 saturated carbocycles. The highest BCUT2D eigenvalue weighted by molar-refractivity contribution is 5.78. The number of fused-ring (bicyclic) bond motifs is 1. The predicted octanol–water partition coefficient (Wildman–Crippen LogP) is 16.1. The van der Waals surface area contributed by atoms with Crippen molar-refractivity contribution in [2.24, 2.45) is 91.2 Å². The molecule has 0 saturated heterocycles. The van der Waals surface area contributed by atoms with Gasteiger partial charge in [0, 0.05) is 46.6 Å². The second-order valence-electron chi connectivity index (χ2n) is 33.4. The van der Waals surface area contributed by atoms with Gasteiger partial charge in [-0.05, 0) is 249 Å². The molecule has 6 nitrogen and oxygen atoms in total. The van der Waals surface area contributed by atoms with Crippen molar-refractivity contribution in [1.82, 2.24) is 10.6 Å². The van der Waals surface area contributed by atoms with E-state index in [-0.39, 0.29) is 56.2 Å². The van der Waals surface area contributed by atoms with Gasteiger partial charge in [-0.1, -0.05) is 179 Å². The zero-order valence-corrected chi connectivity index (χ0v) is 54.5. The van der Waals surface area contributed by atoms with E-state index in [1.165, 1.54) is 126 Å². The molecule has 3 aromatic rings. The van der Waals surface area contributed by atoms with Gasteiger partial charge in [0.15, 0.2) is 0 Å². The van der Waals surface area contributed by atoms with E-state index in [0.29, 0.717) is 42.9 Å². The Bertz CT molecular complexity index is 3650. The monoisotopic (exact) mass is 1190 g/mol. The van der Waals surface area contributed by atoms with Gasteiger partial charge in [0.25, 0.3) is 0 Å². The highest BCUT2D eigenvalue weighted by Gasteiger charge is 2.82. The van der Waals surface area contributed by atoms with E-state index in [2.05, 4.69) is 148 Å². The van der Waals surface area contributed by atoms with Crippen LogP contribution in [0, 0.1) is 91.2 Å². The summed E-state index contributed by atoms with van der Waals surface area (Å²) in [5.41, 5.74) is 13.1. The molecule has 16 unspecified atom stereocenters. The molecular weight excluding hydrogens is 1090 g/mol. The quantitative estimate of drug-likeness (QED) is 0.158. The van der Waals surface area contributed by atoms with Crippen LogP contribution in [-0.4, -0.2) is 46.6 Å². The molecule has 3 aromatic carbocycles. The van der Waals surface area contributed by atoms with Crippen molar-refractivity contribution >= 4 is 23.2 Å². The Balaban J connectivity index is 0.923. The molecule has 6 aliphatic heterocycles. The number of allylic oxidation sites excluding steroid dienone is 9. The molecule has 0 aromatic heterocycles. The standard InChI is InChI=1S/C83H104N2O4/c1-52(2)40-62-30-33-77(4)72(87)32-36-82-68-44-59-21-12-13-23-64(59)66-43-55-18-14-22-58(42-55)60-26-28-73(85-50-60)84-39-15-24-63(57-19-10-7-11-20-57)53(3)25-27-65(75(88)89)74-71(86)49-83-70(48-81(62,76(77)82)47-67(66)68)69(82)45-61(78(74,83)5)31-35-80(83)38-37-79(51-80)34-29-56(46-79)41-54-16-8-6-9-17-54/h6,8-9,12-14,16-18,21-23,26,28,30,42,44,47,52,56-57,61,63,65,68,71-72,74,76,84-87H,3,7,10-11,15,19-20,24-25,27,29,31-41,43,45-46,48-51H2,1-2,4-5H3,(H,88,89). The summed E-state index contributed by atoms with van der Waals surface area (Å²) in [4.78, 5) is 14.9. The van der Waals surface area contributed by atoms with E-state index in [1.54, 1.807) is 16.7 Å². The average molecular weight is 1190 g/mol. The van der Waals surface area contributed by atoms with Gasteiger partial charge in [0.2, 0.25) is 0 Å². The number of hydrogen-bond acceptors (Lipinski definition) is 5. The lowest BCUT2D eigenvalue weighted by molar-refractivity contribution is -0.194. The summed E-state index contributed by atoms with van der Waals surface area (Å²) in [5.74, 6) is 1.95. The minimum Gasteiger partial charge on any atom is -0.481 e. The van der Waals surface area contributed by atoms with Crippen LogP contribution in [0.3, 0.4) is 0 Å². The Morgan fingerprint density at radius 2 is 1.64 bits per heavy atom. The van der Waals surface area contributed by atoms with E-state index < -0.39 is 29.5 Å². The highest BCUT2D eigenvalue weighted by atomic mass is 16.4. The summed E-state index contributed by atoms with van der Waals surface area (Å²) < 4.78 is 0. The van der Waals surface area contributed by atoms with Crippen LogP contribution < -0.4 is 21.1 Å². The van der Waals surface area contributed by atoms with Crippen LogP contribution in [0.15, 0.2) is 143 Å². The molecule has 5 N–H and O–H groups in total. The minimum atomic E-state index is -0.723. The topological polar surface area (TPSA) is 102 Å². The summed E-state index contributed by atoms with van der Waals surface area (Å²) >= 11 is 0. The molecule has 4 spiro atoms. The summed E-state index contributed by atoms with van der Waals surface area (Å²) in [6.07, 6.45) is 39.4. The molecule has 470 valence electrons. The van der Waals surface area contributed by atoms with Crippen LogP contribution in [0.4, 0.5) is 0 Å². The predicted molar refractivity (Wildman–Crippen MR) is 360 cm³/mol. The Morgan fingerprint density at radius 3 is 2.45 bits per heavy atom. The zero-order valence-electron chi connectivity index (χ0n) is 54.5. The van der Waals surface area contributed by atoms with Crippen molar-refractivity contribution in [1.29, 1.82) is 0 Å². The van der Waals surface area contributed by atoms with Crippen LogP contribution in [0.2, 0.25) is 0 Å². The Morgan fingerprint density at radius 1 is 0.809 bits per heavy atom. The second kappa shape index (κ2) is 21.7. The summed E-state index contributed by atoms with van der Waals surface area (Å²) in [6.45, 7) is 16.7. The number of nitrogens with one attached hydrogen (secondary N) is 2. The first-order valence-electron chi connectivity index (χ1n) is 36.3. The van der Waals surface area contributed by atoms with Crippen LogP contribution in [0.1, 0.15) is 198 Å². The van der Waals surface area contributed by atoms with E-state index in [1.807, 2.05) is 0 Å². The van der Waals surface area contributed by atoms with Crippen LogP contribution in [0.25, 0.3) is 17.2 Å². The number of aliphatic carboxylic acids is 1. The second-order valence-corrected chi connectivity index (χ2v) is 33.4. The molecule has 89 heavy (non-hydrogen) atoms. The van der Waals surface area contributed by atoms with Gasteiger partial charge >= 0.3 is 5.97 Å². The van der Waals surface area contributed by atoms with Gasteiger partial charge < -0.3 is 26.0 Å². The first-order chi connectivity index (χ1) is 43.0. The summed E-state index contributed by atoms with van der Waals surface area (Å²) in [5, 5.41) is 49.6. The summed E-state index contributed by atoms with van der Waals surface area (Å²) in [6, 6.07) is 30.2. The molecule has 0 radical (unpaired) electrons. The van der Waals surface area contributed by atoms with Crippen molar-refractivity contribution in [2.45, 2.75) is 207 Å². The number of rotatable bonds is 6. The molecule has 11 aliphatic carbocycles. The molecule has 6 heteroatoms. The lowest BCUT2D eigenvalue weighted by Gasteiger charge is -2.77. The van der Waals surface area contributed by atoms with Crippen LogP contribution >= 0.6 is 0 Å². The molecule has 17 aliphatic rings. The molecule has 6 heterocycles. The fraction of sp³-hybridized carbons (Fsp3) is 0.602. The van der Waals surface area contributed by atoms with Gasteiger partial charge in [-0.2, -0.15) is 0 Å². The van der Waals surface area contributed by atoms with Crippen molar-refractivity contribution < 1.29 is 20.1 Å². The van der Waals surface area contributed by atoms with Gasteiger partial charge in [0.05, 0.1) is 23.9 Å². The smallest absolute Gasteiger partial charge is 0.306 e. The number of dihydropyridines is 1. The normalized spacial score (nSPS) is 41.4. The Labute approximate surface area is 532 Å². The van der Waals surface area contributed by atoms with E-state index in [9.17, 15) is 20.1 Å². The fourth-order valence-electron chi connectivity index (χ4n) is 25.9. The highest BCUT2D eigenvalue weighted by Crippen LogP contribution is 2.88. The van der Waals surface area contributed by atoms with E-state index in [4.69, 9.17) is 6.58 Å². The molecule has 16 atom stereocenters. The van der Waals surface area contributed by atoms with Crippen LogP contribution in [0.5, 0.6) is 0 Å². The third-order valence-corrected chi connectivity index (χ3v) is 29.1. The number of carbonyl (C=O) groups is 1. The average Bonchev–Trinajstić information content (AvgIpc) is 1.62. The van der Waals surface area contributed by atoms with Crippen molar-refractivity contribution in [3.63, 3.8) is 0 Å². The maximum atomic E-state index is 14.9. The number of hydrogen-bond donors (Lipinski definition) is 5. The number of aliphatic hydroxyl groups excluding tert-OH is 2. The fourth-order valence-corrected chi connectivity index (χ4v) is 25.9. The van der Waals surface area contributed by atoms with Crippen molar-refractivity contribution in [3.8, 4) is 0 Å². The Hall–Kier alpha value is -5.17. The number of aliphatic hydroxyl groups is 2. The number of carboxylic acids is 1. The summed E-state index contributed by atoms with van der Waals surface area (Å²) in [7, 11) is 0. The molecule has 15 bridgehead atoms. The first-order valence-corrected chi connectivity index (χ1v) is 36.3. The number of carboxylic acid groups (broad SMARTS) is 1. The maximum Gasteiger partial charge on any atom is 0.306 e. The maximum absolute atomic E-state index is 14.9. The molecule has 0 amide bonds. The molecule has 20 rings (SSSR count). The van der Waals surface area contributed by atoms with E-state index >= 15 is 0 Å². The largest absolute Gasteiger partial charge is 0.481 e. The van der Waals surface area contributed by atoms with E-state index in [0.717, 1.165) is 89.5 Å². The van der Waals surface area contributed by atoms with Gasteiger partial charge in [-0.15, -0.1) is 0 Å². The van der Waals surface area contributed by atoms with Crippen molar-refractivity contribution in [2.75, 3.05) is 13.1 Å². The lowest BCUT2D eigenvalue weighted by atomic mass is 9.27. The van der Waals surface area contributed by atoms with Gasteiger partial charge in [-0.25, -0.2) is 0 Å². The third kappa shape index (κ3) is 8.74. The van der Waals surface area contributed by atoms with Crippen molar-refractivity contribution in [3.05, 3.63) is 171 Å². The van der Waals surface area contributed by atoms with Gasteiger partial charge in [0.1, 0.15) is 0 Å². The Kier molecular flexibility index (Phi) is 14.4. The zero-order chi connectivity index (χ0) is 60.9. The van der Waals surface area contributed by atoms with Gasteiger partial charge in [-0.3, -0.25) is 4.79 Å². The molecule has 6 fully saturated rings. The minimum absolute atomic E-state index is 0.0629. The number of benzene rings is 3.